The number of carboxylic acids is 1. The highest BCUT2D eigenvalue weighted by Crippen LogP contribution is 2.17. The van der Waals surface area contributed by atoms with Gasteiger partial charge in [-0.2, -0.15) is 0 Å². The third-order valence-corrected chi connectivity index (χ3v) is 5.42. The van der Waals surface area contributed by atoms with Gasteiger partial charge in [0.15, 0.2) is 0 Å². The van der Waals surface area contributed by atoms with Crippen molar-refractivity contribution in [3.8, 4) is 0 Å². The molecular formula is C20H38N2O3. The number of quaternary nitrogens is 1. The lowest BCUT2D eigenvalue weighted by Gasteiger charge is -2.40. The Morgan fingerprint density at radius 1 is 0.960 bits per heavy atom. The first-order valence-electron chi connectivity index (χ1n) is 10.3. The lowest BCUT2D eigenvalue weighted by molar-refractivity contribution is -0.909. The van der Waals surface area contributed by atoms with Crippen molar-refractivity contribution in [2.75, 3.05) is 26.7 Å². The number of rotatable bonds is 13. The molecule has 0 aliphatic carbocycles. The molecule has 0 radical (unpaired) electrons. The van der Waals surface area contributed by atoms with Crippen LogP contribution in [0.3, 0.4) is 0 Å². The largest absolute Gasteiger partial charge is 0.544 e. The van der Waals surface area contributed by atoms with Gasteiger partial charge in [-0.15, -0.1) is 0 Å². The maximum absolute atomic E-state index is 12.0. The van der Waals surface area contributed by atoms with E-state index in [1.165, 1.54) is 44.9 Å². The van der Waals surface area contributed by atoms with Crippen LogP contribution < -0.4 is 10.4 Å². The summed E-state index contributed by atoms with van der Waals surface area (Å²) in [5, 5.41) is 13.9. The first-order chi connectivity index (χ1) is 11.9. The number of carbonyl (C=O) groups excluding carboxylic acids is 2. The van der Waals surface area contributed by atoms with Gasteiger partial charge in [0.2, 0.25) is 5.91 Å². The molecule has 1 saturated heterocycles. The first kappa shape index (κ1) is 21.9. The van der Waals surface area contributed by atoms with Crippen LogP contribution in [0.15, 0.2) is 0 Å². The van der Waals surface area contributed by atoms with Gasteiger partial charge in [0.25, 0.3) is 0 Å². The standard InChI is InChI=1S/C20H38N2O3/c1-3-4-5-6-7-8-9-10-11-12-19(23)21-18-13-15-22(2,16-14-18)17-20(24)25/h18H,3-17H2,1-2H3,(H-,21,23,24,25). The van der Waals surface area contributed by atoms with Crippen molar-refractivity contribution < 1.29 is 19.2 Å². The number of nitrogens with zero attached hydrogens (tertiary/aromatic N) is 1. The summed E-state index contributed by atoms with van der Waals surface area (Å²) >= 11 is 0. The Balaban J connectivity index is 2.01. The molecule has 1 heterocycles. The molecule has 1 fully saturated rings. The molecule has 1 rings (SSSR count). The summed E-state index contributed by atoms with van der Waals surface area (Å²) in [6.07, 6.45) is 13.7. The molecule has 0 spiro atoms. The van der Waals surface area contributed by atoms with Crippen molar-refractivity contribution in [2.45, 2.75) is 90.0 Å². The molecule has 1 aliphatic heterocycles. The Hall–Kier alpha value is -1.10. The second-order valence-corrected chi connectivity index (χ2v) is 8.02. The van der Waals surface area contributed by atoms with Crippen LogP contribution in [-0.4, -0.2) is 49.1 Å². The minimum Gasteiger partial charge on any atom is -0.544 e. The fourth-order valence-electron chi connectivity index (χ4n) is 3.70. The van der Waals surface area contributed by atoms with Crippen LogP contribution in [0.25, 0.3) is 0 Å². The lowest BCUT2D eigenvalue weighted by atomic mass is 10.0. The van der Waals surface area contributed by atoms with Crippen molar-refractivity contribution >= 4 is 11.9 Å². The van der Waals surface area contributed by atoms with Crippen molar-refractivity contribution in [3.05, 3.63) is 0 Å². The van der Waals surface area contributed by atoms with Crippen LogP contribution >= 0.6 is 0 Å². The molecule has 0 bridgehead atoms. The lowest BCUT2D eigenvalue weighted by Crippen LogP contribution is -2.57. The van der Waals surface area contributed by atoms with Gasteiger partial charge in [-0.25, -0.2) is 0 Å². The van der Waals surface area contributed by atoms with E-state index in [-0.39, 0.29) is 18.5 Å². The van der Waals surface area contributed by atoms with E-state index in [1.807, 2.05) is 7.05 Å². The number of piperidine rings is 1. The van der Waals surface area contributed by atoms with Gasteiger partial charge in [0.1, 0.15) is 6.54 Å². The van der Waals surface area contributed by atoms with Crippen LogP contribution in [0.1, 0.15) is 84.0 Å². The smallest absolute Gasteiger partial charge is 0.220 e. The average molecular weight is 355 g/mol. The Kier molecular flexibility index (Phi) is 10.8. The van der Waals surface area contributed by atoms with E-state index in [9.17, 15) is 14.7 Å². The number of likely N-dealkylation sites (N-methyl/N-ethyl adjacent to an activating group) is 1. The van der Waals surface area contributed by atoms with Gasteiger partial charge in [0.05, 0.1) is 26.1 Å². The van der Waals surface area contributed by atoms with Crippen LogP contribution in [0.2, 0.25) is 0 Å². The number of hydrogen-bond acceptors (Lipinski definition) is 3. The molecule has 0 aromatic carbocycles. The number of nitrogens with one attached hydrogen (secondary N) is 1. The predicted molar refractivity (Wildman–Crippen MR) is 98.8 cm³/mol. The van der Waals surface area contributed by atoms with Crippen LogP contribution in [0.5, 0.6) is 0 Å². The molecule has 5 heteroatoms. The summed E-state index contributed by atoms with van der Waals surface area (Å²) in [6.45, 7) is 3.89. The number of hydrogen-bond donors (Lipinski definition) is 1. The fourth-order valence-corrected chi connectivity index (χ4v) is 3.70. The Morgan fingerprint density at radius 3 is 2.00 bits per heavy atom. The second kappa shape index (κ2) is 12.3. The normalized spacial score (nSPS) is 23.4. The highest BCUT2D eigenvalue weighted by atomic mass is 16.4. The van der Waals surface area contributed by atoms with Crippen LogP contribution in [-0.2, 0) is 9.59 Å². The molecular weight excluding hydrogens is 316 g/mol. The molecule has 0 unspecified atom stereocenters. The molecule has 0 atom stereocenters. The van der Waals surface area contributed by atoms with E-state index in [1.54, 1.807) is 0 Å². The van der Waals surface area contributed by atoms with E-state index in [4.69, 9.17) is 0 Å². The Morgan fingerprint density at radius 2 is 1.48 bits per heavy atom. The fraction of sp³-hybridized carbons (Fsp3) is 0.900. The Bertz CT molecular complexity index is 390. The van der Waals surface area contributed by atoms with Gasteiger partial charge in [-0.05, 0) is 6.42 Å². The van der Waals surface area contributed by atoms with Gasteiger partial charge in [-0.1, -0.05) is 58.3 Å². The van der Waals surface area contributed by atoms with E-state index in [0.717, 1.165) is 38.8 Å². The minimum absolute atomic E-state index is 0.0686. The average Bonchev–Trinajstić information content (AvgIpc) is 2.55. The van der Waals surface area contributed by atoms with Crippen LogP contribution in [0, 0.1) is 0 Å². The SMILES string of the molecule is CCCCCCCCCCCC(=O)NC1CC[N+](C)(CC(=O)[O-])CC1. The summed E-state index contributed by atoms with van der Waals surface area (Å²) in [4.78, 5) is 22.8. The first-order valence-corrected chi connectivity index (χ1v) is 10.3. The highest BCUT2D eigenvalue weighted by molar-refractivity contribution is 5.76. The predicted octanol–water partition coefficient (Wildman–Crippen LogP) is 2.38. The maximum Gasteiger partial charge on any atom is 0.220 e. The highest BCUT2D eigenvalue weighted by Gasteiger charge is 2.30. The summed E-state index contributed by atoms with van der Waals surface area (Å²) < 4.78 is 0.521. The molecule has 0 saturated carbocycles. The van der Waals surface area contributed by atoms with Gasteiger partial charge < -0.3 is 19.7 Å². The number of amides is 1. The van der Waals surface area contributed by atoms with Crippen molar-refractivity contribution in [1.82, 2.24) is 5.32 Å². The summed E-state index contributed by atoms with van der Waals surface area (Å²) in [6, 6.07) is 0.207. The number of unbranched alkanes of at least 4 members (excludes halogenated alkanes) is 8. The van der Waals surface area contributed by atoms with E-state index >= 15 is 0 Å². The number of carboxylic acid groups (broad SMARTS) is 1. The molecule has 1 N–H and O–H groups in total. The van der Waals surface area contributed by atoms with Crippen molar-refractivity contribution in [3.63, 3.8) is 0 Å². The Labute approximate surface area is 153 Å². The minimum atomic E-state index is -0.990. The zero-order valence-electron chi connectivity index (χ0n) is 16.4. The van der Waals surface area contributed by atoms with E-state index in [0.29, 0.717) is 10.9 Å². The molecule has 1 amide bonds. The van der Waals surface area contributed by atoms with Gasteiger partial charge >= 0.3 is 0 Å². The van der Waals surface area contributed by atoms with E-state index < -0.39 is 5.97 Å². The molecule has 5 nitrogen and oxygen atoms in total. The number of likely N-dealkylation sites (tertiary alicyclic amines) is 1. The topological polar surface area (TPSA) is 69.2 Å². The molecule has 25 heavy (non-hydrogen) atoms. The number of carbonyl (C=O) groups is 2. The molecule has 146 valence electrons. The third-order valence-electron chi connectivity index (χ3n) is 5.42. The number of aliphatic carboxylic acids is 1. The second-order valence-electron chi connectivity index (χ2n) is 8.02. The van der Waals surface area contributed by atoms with E-state index in [2.05, 4.69) is 12.2 Å². The third kappa shape index (κ3) is 10.5. The maximum atomic E-state index is 12.0. The summed E-state index contributed by atoms with van der Waals surface area (Å²) in [5.41, 5.74) is 0. The molecule has 0 aromatic heterocycles. The molecule has 0 aromatic rings. The van der Waals surface area contributed by atoms with Gasteiger partial charge in [-0.3, -0.25) is 4.79 Å². The van der Waals surface area contributed by atoms with Crippen LogP contribution in [0.4, 0.5) is 0 Å². The quantitative estimate of drug-likeness (QED) is 0.408. The van der Waals surface area contributed by atoms with Crippen molar-refractivity contribution in [1.29, 1.82) is 0 Å². The summed E-state index contributed by atoms with van der Waals surface area (Å²) in [7, 11) is 1.95. The monoisotopic (exact) mass is 354 g/mol. The van der Waals surface area contributed by atoms with Crippen molar-refractivity contribution in [2.24, 2.45) is 0 Å². The zero-order valence-corrected chi connectivity index (χ0v) is 16.4. The van der Waals surface area contributed by atoms with Gasteiger partial charge in [0, 0.05) is 25.3 Å². The summed E-state index contributed by atoms with van der Waals surface area (Å²) in [5.74, 6) is -0.834. The zero-order chi connectivity index (χ0) is 18.5. The molecule has 1 aliphatic rings.